The monoisotopic (exact) mass is 375 g/mol. The van der Waals surface area contributed by atoms with Crippen molar-refractivity contribution in [2.75, 3.05) is 6.61 Å². The van der Waals surface area contributed by atoms with Crippen LogP contribution in [0.25, 0.3) is 0 Å². The fourth-order valence-corrected chi connectivity index (χ4v) is 3.41. The summed E-state index contributed by atoms with van der Waals surface area (Å²) in [6.07, 6.45) is 2.48. The Hall–Kier alpha value is -2.18. The Morgan fingerprint density at radius 1 is 1.40 bits per heavy atom. The highest BCUT2D eigenvalue weighted by molar-refractivity contribution is 7.11. The minimum absolute atomic E-state index is 0.369. The van der Waals surface area contributed by atoms with E-state index in [1.165, 1.54) is 11.3 Å². The molecule has 130 valence electrons. The molecule has 1 aromatic heterocycles. The number of hydrogen-bond donors (Lipinski definition) is 1. The summed E-state index contributed by atoms with van der Waals surface area (Å²) in [5.41, 5.74) is 1.94. The second kappa shape index (κ2) is 7.80. The number of esters is 1. The molecule has 0 saturated carbocycles. The van der Waals surface area contributed by atoms with Crippen LogP contribution in [0.3, 0.4) is 0 Å². The number of hydrogen-bond acceptors (Lipinski definition) is 6. The van der Waals surface area contributed by atoms with Crippen molar-refractivity contribution < 1.29 is 9.53 Å². The van der Waals surface area contributed by atoms with Gasteiger partial charge in [0.05, 0.1) is 12.2 Å². The van der Waals surface area contributed by atoms with E-state index in [0.717, 1.165) is 17.0 Å². The summed E-state index contributed by atoms with van der Waals surface area (Å²) in [5, 5.41) is 6.38. The number of aromatic nitrogens is 1. The van der Waals surface area contributed by atoms with E-state index < -0.39 is 6.04 Å². The molecular formula is C18H18ClN3O2S. The van der Waals surface area contributed by atoms with Crippen LogP contribution >= 0.6 is 22.9 Å². The molecule has 1 aliphatic rings. The van der Waals surface area contributed by atoms with Crippen LogP contribution in [0.15, 0.2) is 52.1 Å². The molecule has 0 spiro atoms. The summed E-state index contributed by atoms with van der Waals surface area (Å²) >= 11 is 7.86. The van der Waals surface area contributed by atoms with E-state index >= 15 is 0 Å². The van der Waals surface area contributed by atoms with Gasteiger partial charge in [0.25, 0.3) is 0 Å². The number of allylic oxidation sites excluding steroid dienone is 1. The molecule has 7 heteroatoms. The van der Waals surface area contributed by atoms with Crippen molar-refractivity contribution in [1.82, 2.24) is 10.3 Å². The molecule has 1 atom stereocenters. The maximum Gasteiger partial charge on any atom is 0.338 e. The number of ether oxygens (including phenoxy) is 1. The number of halogens is 1. The molecule has 0 amide bonds. The SMILES string of the molecule is CCCOC(=O)C1=C(C)NC(c2nccs2)=NC1c1ccccc1Cl. The Balaban J connectivity index is 2.05. The Bertz CT molecular complexity index is 831. The molecule has 25 heavy (non-hydrogen) atoms. The third kappa shape index (κ3) is 3.75. The van der Waals surface area contributed by atoms with E-state index in [2.05, 4.69) is 10.3 Å². The smallest absolute Gasteiger partial charge is 0.338 e. The predicted molar refractivity (Wildman–Crippen MR) is 99.9 cm³/mol. The zero-order chi connectivity index (χ0) is 17.8. The molecule has 1 N–H and O–H groups in total. The second-order valence-electron chi connectivity index (χ2n) is 5.54. The van der Waals surface area contributed by atoms with Crippen LogP contribution in [-0.4, -0.2) is 23.4 Å². The molecule has 2 aromatic rings. The first-order valence-electron chi connectivity index (χ1n) is 7.98. The molecule has 1 unspecified atom stereocenters. The molecule has 3 rings (SSSR count). The molecule has 0 saturated heterocycles. The van der Waals surface area contributed by atoms with Gasteiger partial charge in [0, 0.05) is 27.9 Å². The van der Waals surface area contributed by atoms with Gasteiger partial charge in [-0.1, -0.05) is 36.7 Å². The van der Waals surface area contributed by atoms with Gasteiger partial charge in [0.1, 0.15) is 6.04 Å². The number of amidine groups is 1. The van der Waals surface area contributed by atoms with Gasteiger partial charge in [-0.15, -0.1) is 11.3 Å². The number of aliphatic imine (C=N–C) groups is 1. The van der Waals surface area contributed by atoms with E-state index in [1.807, 2.05) is 37.4 Å². The summed E-state index contributed by atoms with van der Waals surface area (Å²) in [4.78, 5) is 21.6. The molecule has 1 aromatic carbocycles. The van der Waals surface area contributed by atoms with Crippen molar-refractivity contribution in [3.8, 4) is 0 Å². The number of thiazole rings is 1. The van der Waals surface area contributed by atoms with Gasteiger partial charge < -0.3 is 10.1 Å². The van der Waals surface area contributed by atoms with Gasteiger partial charge in [-0.05, 0) is 19.4 Å². The van der Waals surface area contributed by atoms with Crippen molar-refractivity contribution >= 4 is 34.7 Å². The van der Waals surface area contributed by atoms with E-state index in [1.54, 1.807) is 12.3 Å². The maximum absolute atomic E-state index is 12.6. The normalized spacial score (nSPS) is 17.1. The lowest BCUT2D eigenvalue weighted by Crippen LogP contribution is -2.32. The Labute approximate surface area is 155 Å². The number of benzene rings is 1. The molecule has 0 fully saturated rings. The lowest BCUT2D eigenvalue weighted by molar-refractivity contribution is -0.139. The third-order valence-electron chi connectivity index (χ3n) is 3.73. The van der Waals surface area contributed by atoms with Crippen molar-refractivity contribution in [2.24, 2.45) is 4.99 Å². The molecule has 0 bridgehead atoms. The average molecular weight is 376 g/mol. The van der Waals surface area contributed by atoms with Crippen LogP contribution in [0.1, 0.15) is 36.9 Å². The highest BCUT2D eigenvalue weighted by atomic mass is 35.5. The number of nitrogens with zero attached hydrogens (tertiary/aromatic N) is 2. The zero-order valence-corrected chi connectivity index (χ0v) is 15.5. The third-order valence-corrected chi connectivity index (χ3v) is 4.86. The van der Waals surface area contributed by atoms with Gasteiger partial charge in [-0.3, -0.25) is 4.99 Å². The number of rotatable bonds is 5. The van der Waals surface area contributed by atoms with Crippen molar-refractivity contribution in [3.63, 3.8) is 0 Å². The number of carbonyl (C=O) groups is 1. The van der Waals surface area contributed by atoms with Crippen LogP contribution in [0.5, 0.6) is 0 Å². The molecule has 5 nitrogen and oxygen atoms in total. The average Bonchev–Trinajstić information content (AvgIpc) is 3.14. The van der Waals surface area contributed by atoms with Gasteiger partial charge in [0.2, 0.25) is 0 Å². The highest BCUT2D eigenvalue weighted by Crippen LogP contribution is 2.36. The van der Waals surface area contributed by atoms with Gasteiger partial charge in [-0.2, -0.15) is 0 Å². The minimum Gasteiger partial charge on any atom is -0.462 e. The molecule has 0 radical (unpaired) electrons. The van der Waals surface area contributed by atoms with Crippen LogP contribution in [0.2, 0.25) is 5.02 Å². The largest absolute Gasteiger partial charge is 0.462 e. The summed E-state index contributed by atoms with van der Waals surface area (Å²) in [5.74, 6) is 0.253. The van der Waals surface area contributed by atoms with Crippen LogP contribution in [-0.2, 0) is 9.53 Å². The zero-order valence-electron chi connectivity index (χ0n) is 14.0. The van der Waals surface area contributed by atoms with Gasteiger partial charge in [0.15, 0.2) is 10.8 Å². The van der Waals surface area contributed by atoms with E-state index in [9.17, 15) is 4.79 Å². The van der Waals surface area contributed by atoms with Crippen molar-refractivity contribution in [2.45, 2.75) is 26.3 Å². The summed E-state index contributed by atoms with van der Waals surface area (Å²) in [7, 11) is 0. The lowest BCUT2D eigenvalue weighted by Gasteiger charge is -2.26. The van der Waals surface area contributed by atoms with Crippen LogP contribution in [0, 0.1) is 0 Å². The van der Waals surface area contributed by atoms with Crippen LogP contribution < -0.4 is 5.32 Å². The summed E-state index contributed by atoms with van der Waals surface area (Å²) < 4.78 is 5.36. The highest BCUT2D eigenvalue weighted by Gasteiger charge is 2.32. The summed E-state index contributed by atoms with van der Waals surface area (Å²) in [6.45, 7) is 4.17. The first-order chi connectivity index (χ1) is 12.1. The quantitative estimate of drug-likeness (QED) is 0.798. The maximum atomic E-state index is 12.6. The topological polar surface area (TPSA) is 63.6 Å². The standard InChI is InChI=1S/C18H18ClN3O2S/c1-3-9-24-18(23)14-11(2)21-16(17-20-8-10-25-17)22-15(14)12-6-4-5-7-13(12)19/h4-8,10,15H,3,9H2,1-2H3,(H,21,22). The first-order valence-corrected chi connectivity index (χ1v) is 9.24. The Morgan fingerprint density at radius 2 is 2.20 bits per heavy atom. The second-order valence-corrected chi connectivity index (χ2v) is 6.84. The van der Waals surface area contributed by atoms with Crippen molar-refractivity contribution in [3.05, 3.63) is 62.7 Å². The lowest BCUT2D eigenvalue weighted by atomic mass is 9.96. The fourth-order valence-electron chi connectivity index (χ4n) is 2.58. The van der Waals surface area contributed by atoms with Gasteiger partial charge >= 0.3 is 5.97 Å². The van der Waals surface area contributed by atoms with E-state index in [0.29, 0.717) is 28.7 Å². The van der Waals surface area contributed by atoms with Gasteiger partial charge in [-0.25, -0.2) is 9.78 Å². The fraction of sp³-hybridized carbons (Fsp3) is 0.278. The Kier molecular flexibility index (Phi) is 5.50. The Morgan fingerprint density at radius 3 is 2.88 bits per heavy atom. The van der Waals surface area contributed by atoms with E-state index in [-0.39, 0.29) is 5.97 Å². The number of nitrogens with one attached hydrogen (secondary N) is 1. The van der Waals surface area contributed by atoms with Crippen molar-refractivity contribution in [1.29, 1.82) is 0 Å². The molecule has 2 heterocycles. The number of carbonyl (C=O) groups excluding carboxylic acids is 1. The summed E-state index contributed by atoms with van der Waals surface area (Å²) in [6, 6.07) is 6.87. The van der Waals surface area contributed by atoms with Crippen LogP contribution in [0.4, 0.5) is 0 Å². The van der Waals surface area contributed by atoms with E-state index in [4.69, 9.17) is 21.3 Å². The first kappa shape index (κ1) is 17.6. The minimum atomic E-state index is -0.529. The molecule has 1 aliphatic heterocycles. The molecule has 0 aliphatic carbocycles. The molecular weight excluding hydrogens is 358 g/mol. The predicted octanol–water partition coefficient (Wildman–Crippen LogP) is 4.11.